The van der Waals surface area contributed by atoms with Gasteiger partial charge in [0.2, 0.25) is 0 Å². The van der Waals surface area contributed by atoms with Crippen molar-refractivity contribution in [1.29, 1.82) is 0 Å². The van der Waals surface area contributed by atoms with Crippen LogP contribution in [0.1, 0.15) is 33.1 Å². The molecule has 0 bridgehead atoms. The molecule has 0 aliphatic heterocycles. The van der Waals surface area contributed by atoms with Crippen molar-refractivity contribution < 1.29 is 21.2 Å². The average molecular weight is 253 g/mol. The van der Waals surface area contributed by atoms with Gasteiger partial charge in [0, 0.05) is 0 Å². The van der Waals surface area contributed by atoms with E-state index in [9.17, 15) is 0 Å². The Kier molecular flexibility index (Phi) is 3.02. The predicted molar refractivity (Wildman–Crippen MR) is 41.9 cm³/mol. The Morgan fingerprint density at radius 1 is 1.50 bits per heavy atom. The quantitative estimate of drug-likeness (QED) is 0.461. The van der Waals surface area contributed by atoms with Crippen LogP contribution >= 0.6 is 0 Å². The molecule has 0 nitrogen and oxygen atoms in total. The van der Waals surface area contributed by atoms with E-state index in [1.165, 1.54) is 19.3 Å². The van der Waals surface area contributed by atoms with E-state index in [2.05, 4.69) is 18.8 Å². The summed E-state index contributed by atoms with van der Waals surface area (Å²) in [5, 5.41) is 0. The first-order valence-corrected chi connectivity index (χ1v) is 7.79. The molecule has 0 aromatic heterocycles. The van der Waals surface area contributed by atoms with E-state index < -0.39 is 0 Å². The fourth-order valence-electron chi connectivity index (χ4n) is 1.87. The number of rotatable bonds is 2. The molecule has 1 rings (SSSR count). The molecule has 0 radical (unpaired) electrons. The molecule has 1 aliphatic carbocycles. The molecule has 0 heterocycles. The molecule has 0 aromatic carbocycles. The van der Waals surface area contributed by atoms with Crippen LogP contribution in [-0.2, 0) is 0 Å². The van der Waals surface area contributed by atoms with Crippen molar-refractivity contribution in [2.75, 3.05) is 9.36 Å². The van der Waals surface area contributed by atoms with Crippen LogP contribution in [0.25, 0.3) is 0 Å². The van der Waals surface area contributed by atoms with Crippen molar-refractivity contribution in [2.24, 2.45) is 11.3 Å². The van der Waals surface area contributed by atoms with E-state index in [4.69, 9.17) is 0 Å². The van der Waals surface area contributed by atoms with Crippen molar-refractivity contribution in [2.45, 2.75) is 33.1 Å². The normalized spacial score (nSPS) is 31.3. The van der Waals surface area contributed by atoms with Gasteiger partial charge in [0.05, 0.1) is 0 Å². The Balaban J connectivity index is 2.43. The van der Waals surface area contributed by atoms with Crippen LogP contribution in [0.2, 0.25) is 0 Å². The molecule has 1 unspecified atom stereocenters. The van der Waals surface area contributed by atoms with Crippen molar-refractivity contribution in [3.05, 3.63) is 0 Å². The summed E-state index contributed by atoms with van der Waals surface area (Å²) in [6.45, 7) is 4.90. The maximum atomic E-state index is 2.45. The zero-order chi connectivity index (χ0) is 7.61. The van der Waals surface area contributed by atoms with Crippen molar-refractivity contribution in [3.63, 3.8) is 0 Å². The fourth-order valence-corrected chi connectivity index (χ4v) is 4.57. The molecule has 0 spiro atoms. The molecule has 1 saturated carbocycles. The second-order valence-corrected chi connectivity index (χ2v) is 6.41. The van der Waals surface area contributed by atoms with Crippen LogP contribution in [-0.4, -0.2) is 9.36 Å². The Hall–Kier alpha value is 0.730. The van der Waals surface area contributed by atoms with Gasteiger partial charge in [0.25, 0.3) is 0 Å². The van der Waals surface area contributed by atoms with E-state index in [1.807, 2.05) is 0 Å². The van der Waals surface area contributed by atoms with Gasteiger partial charge in [-0.2, -0.15) is 0 Å². The number of hydrogen-bond donors (Lipinski definition) is 0. The molecule has 0 aromatic rings. The average Bonchev–Trinajstić information content (AvgIpc) is 2.13. The third-order valence-corrected chi connectivity index (χ3v) is 4.76. The monoisotopic (exact) mass is 253 g/mol. The zero-order valence-electron chi connectivity index (χ0n) is 7.28. The van der Waals surface area contributed by atoms with Gasteiger partial charge in [-0.05, 0) is 0 Å². The van der Waals surface area contributed by atoms with Gasteiger partial charge in [-0.1, -0.05) is 0 Å². The van der Waals surface area contributed by atoms with Gasteiger partial charge in [0.1, 0.15) is 0 Å². The molecule has 0 saturated heterocycles. The van der Waals surface area contributed by atoms with Crippen molar-refractivity contribution in [1.82, 2.24) is 0 Å². The van der Waals surface area contributed by atoms with Crippen molar-refractivity contribution >= 4 is 0 Å². The summed E-state index contributed by atoms with van der Waals surface area (Å²) in [6.07, 6.45) is 4.48. The zero-order valence-corrected chi connectivity index (χ0v) is 9.44. The summed E-state index contributed by atoms with van der Waals surface area (Å²) in [5.41, 5.74) is 0.690. The van der Waals surface area contributed by atoms with Gasteiger partial charge in [-0.3, -0.25) is 0 Å². The molecule has 1 heteroatoms. The Morgan fingerprint density at radius 2 is 2.20 bits per heavy atom. The van der Waals surface area contributed by atoms with Crippen LogP contribution in [0, 0.1) is 11.3 Å². The maximum absolute atomic E-state index is 2.45. The van der Waals surface area contributed by atoms with Crippen LogP contribution < -0.4 is 21.2 Å². The molecule has 1 fully saturated rings. The molecule has 0 amide bonds. The van der Waals surface area contributed by atoms with Crippen molar-refractivity contribution in [3.8, 4) is 0 Å². The summed E-state index contributed by atoms with van der Waals surface area (Å²) >= 11 is 0.535. The standard InChI is InChI=1S/C9H18I/c1-9(2)6-4-5-8(9)7-10-3/h8H,4-7H2,1-3H3/q-1. The summed E-state index contributed by atoms with van der Waals surface area (Å²) in [7, 11) is 0. The molecular weight excluding hydrogens is 235 g/mol. The van der Waals surface area contributed by atoms with Crippen LogP contribution in [0.4, 0.5) is 0 Å². The summed E-state index contributed by atoms with van der Waals surface area (Å²) in [5.74, 6) is 1.07. The van der Waals surface area contributed by atoms with E-state index in [1.54, 1.807) is 4.43 Å². The third kappa shape index (κ3) is 1.86. The first kappa shape index (κ1) is 8.82. The first-order valence-electron chi connectivity index (χ1n) is 4.10. The minimum atomic E-state index is 0.535. The SMILES string of the molecule is C[I-]CC1CCCC1(C)C. The van der Waals surface area contributed by atoms with E-state index in [-0.39, 0.29) is 0 Å². The summed E-state index contributed by atoms with van der Waals surface area (Å²) < 4.78 is 1.56. The molecule has 0 N–H and O–H groups in total. The molecule has 62 valence electrons. The molecule has 1 aliphatic rings. The summed E-state index contributed by atoms with van der Waals surface area (Å²) in [4.78, 5) is 2.41. The second kappa shape index (κ2) is 3.42. The van der Waals surface area contributed by atoms with E-state index in [0.717, 1.165) is 5.92 Å². The Bertz CT molecular complexity index is 107. The fraction of sp³-hybridized carbons (Fsp3) is 1.00. The van der Waals surface area contributed by atoms with Crippen LogP contribution in [0.15, 0.2) is 0 Å². The third-order valence-electron chi connectivity index (χ3n) is 2.82. The minimum absolute atomic E-state index is 0.535. The predicted octanol–water partition coefficient (Wildman–Crippen LogP) is -0.468. The number of halogens is 1. The molecular formula is C9H18I-. The van der Waals surface area contributed by atoms with Gasteiger partial charge in [-0.25, -0.2) is 0 Å². The first-order chi connectivity index (χ1) is 4.67. The second-order valence-electron chi connectivity index (χ2n) is 4.00. The summed E-state index contributed by atoms with van der Waals surface area (Å²) in [6, 6.07) is 0. The molecule has 10 heavy (non-hydrogen) atoms. The van der Waals surface area contributed by atoms with Crippen LogP contribution in [0.3, 0.4) is 0 Å². The van der Waals surface area contributed by atoms with E-state index in [0.29, 0.717) is 26.6 Å². The Labute approximate surface area is 75.0 Å². The van der Waals surface area contributed by atoms with Gasteiger partial charge in [-0.15, -0.1) is 0 Å². The Morgan fingerprint density at radius 3 is 2.60 bits per heavy atom. The number of hydrogen-bond acceptors (Lipinski definition) is 0. The van der Waals surface area contributed by atoms with E-state index >= 15 is 0 Å². The topological polar surface area (TPSA) is 0 Å². The number of alkyl halides is 2. The van der Waals surface area contributed by atoms with Crippen LogP contribution in [0.5, 0.6) is 0 Å². The molecule has 1 atom stereocenters. The van der Waals surface area contributed by atoms with Gasteiger partial charge < -0.3 is 0 Å². The van der Waals surface area contributed by atoms with Gasteiger partial charge >= 0.3 is 75.0 Å². The van der Waals surface area contributed by atoms with Gasteiger partial charge in [0.15, 0.2) is 0 Å².